The molecular weight excluding hydrogens is 204 g/mol. The van der Waals surface area contributed by atoms with Gasteiger partial charge in [-0.3, -0.25) is 0 Å². The summed E-state index contributed by atoms with van der Waals surface area (Å²) in [6.07, 6.45) is 4.27. The van der Waals surface area contributed by atoms with Crippen molar-refractivity contribution in [1.82, 2.24) is 4.90 Å². The Morgan fingerprint density at radius 2 is 2.13 bits per heavy atom. The molecule has 15 heavy (non-hydrogen) atoms. The number of rotatable bonds is 3. The van der Waals surface area contributed by atoms with E-state index in [1.165, 1.54) is 0 Å². The second kappa shape index (κ2) is 4.27. The van der Waals surface area contributed by atoms with Crippen molar-refractivity contribution >= 4 is 8.32 Å². The van der Waals surface area contributed by atoms with Crippen LogP contribution in [0.15, 0.2) is 12.3 Å². The third-order valence-corrected chi connectivity index (χ3v) is 3.86. The second-order valence-electron chi connectivity index (χ2n) is 5.68. The van der Waals surface area contributed by atoms with Crippen molar-refractivity contribution in [2.24, 2.45) is 11.7 Å². The molecule has 0 aliphatic carbocycles. The van der Waals surface area contributed by atoms with Crippen LogP contribution >= 0.6 is 0 Å². The molecule has 0 aromatic heterocycles. The zero-order valence-electron chi connectivity index (χ0n) is 10.6. The number of nitrogens with zero attached hydrogens (tertiary/aromatic N) is 1. The van der Waals surface area contributed by atoms with Crippen molar-refractivity contribution in [2.45, 2.75) is 32.1 Å². The lowest BCUT2D eigenvalue weighted by molar-refractivity contribution is 0.139. The van der Waals surface area contributed by atoms with E-state index in [0.717, 1.165) is 6.54 Å². The van der Waals surface area contributed by atoms with E-state index in [4.69, 9.17) is 10.2 Å². The first-order valence-corrected chi connectivity index (χ1v) is 8.95. The summed E-state index contributed by atoms with van der Waals surface area (Å²) < 4.78 is 5.94. The van der Waals surface area contributed by atoms with Crippen molar-refractivity contribution in [1.29, 1.82) is 0 Å². The molecule has 0 spiro atoms. The second-order valence-corrected chi connectivity index (χ2v) is 10.2. The topological polar surface area (TPSA) is 38.5 Å². The molecular formula is C11H24N2OSi. The van der Waals surface area contributed by atoms with Crippen LogP contribution < -0.4 is 5.73 Å². The summed E-state index contributed by atoms with van der Waals surface area (Å²) in [5, 5.41) is 0. The molecule has 0 aromatic rings. The van der Waals surface area contributed by atoms with Crippen LogP contribution in [0.2, 0.25) is 19.6 Å². The predicted molar refractivity (Wildman–Crippen MR) is 67.2 cm³/mol. The predicted octanol–water partition coefficient (Wildman–Crippen LogP) is 1.63. The van der Waals surface area contributed by atoms with Gasteiger partial charge in [-0.1, -0.05) is 13.0 Å². The first-order chi connectivity index (χ1) is 6.73. The van der Waals surface area contributed by atoms with Crippen LogP contribution in [0, 0.1) is 5.92 Å². The van der Waals surface area contributed by atoms with Gasteiger partial charge < -0.3 is 15.1 Å². The fraction of sp³-hybridized carbons (Fsp3) is 0.818. The van der Waals surface area contributed by atoms with Crippen LogP contribution in [0.1, 0.15) is 6.92 Å². The molecule has 2 atom stereocenters. The van der Waals surface area contributed by atoms with E-state index >= 15 is 0 Å². The van der Waals surface area contributed by atoms with Crippen molar-refractivity contribution in [3.8, 4) is 0 Å². The molecule has 0 amide bonds. The van der Waals surface area contributed by atoms with Crippen LogP contribution in [-0.2, 0) is 4.43 Å². The maximum Gasteiger partial charge on any atom is 0.183 e. The SMILES string of the molecule is CC1C=CN(C)CC1(N)CO[Si](C)(C)C. The number of likely N-dealkylation sites (N-methyl/N-ethyl adjacent to an activating group) is 1. The summed E-state index contributed by atoms with van der Waals surface area (Å²) in [5.41, 5.74) is 6.17. The van der Waals surface area contributed by atoms with Gasteiger partial charge in [-0.2, -0.15) is 0 Å². The normalized spacial score (nSPS) is 32.1. The van der Waals surface area contributed by atoms with Gasteiger partial charge in [-0.05, 0) is 31.8 Å². The summed E-state index contributed by atoms with van der Waals surface area (Å²) in [6, 6.07) is 0. The molecule has 0 saturated heterocycles. The van der Waals surface area contributed by atoms with Crippen molar-refractivity contribution < 1.29 is 4.43 Å². The molecule has 2 unspecified atom stereocenters. The molecule has 0 aromatic carbocycles. The molecule has 1 aliphatic heterocycles. The Bertz CT molecular complexity index is 249. The van der Waals surface area contributed by atoms with E-state index < -0.39 is 8.32 Å². The minimum Gasteiger partial charge on any atom is -0.416 e. The molecule has 1 heterocycles. The summed E-state index contributed by atoms with van der Waals surface area (Å²) in [4.78, 5) is 2.13. The van der Waals surface area contributed by atoms with E-state index in [0.29, 0.717) is 12.5 Å². The minimum absolute atomic E-state index is 0.232. The summed E-state index contributed by atoms with van der Waals surface area (Å²) in [6.45, 7) is 10.3. The molecule has 3 nitrogen and oxygen atoms in total. The van der Waals surface area contributed by atoms with Gasteiger partial charge in [0.05, 0.1) is 12.1 Å². The lowest BCUT2D eigenvalue weighted by Gasteiger charge is -2.41. The molecule has 1 rings (SSSR count). The number of hydrogen-bond acceptors (Lipinski definition) is 3. The highest BCUT2D eigenvalue weighted by Crippen LogP contribution is 2.23. The quantitative estimate of drug-likeness (QED) is 0.746. The average Bonchev–Trinajstić information content (AvgIpc) is 2.08. The molecule has 0 radical (unpaired) electrons. The monoisotopic (exact) mass is 228 g/mol. The summed E-state index contributed by atoms with van der Waals surface area (Å²) in [7, 11) is 0.592. The Morgan fingerprint density at radius 3 is 2.67 bits per heavy atom. The highest BCUT2D eigenvalue weighted by atomic mass is 28.4. The maximum absolute atomic E-state index is 6.40. The Hall–Kier alpha value is -0.323. The minimum atomic E-state index is -1.46. The Kier molecular flexibility index (Phi) is 3.63. The standard InChI is InChI=1S/C11H24N2OSi/c1-10-6-7-13(2)8-11(10,12)9-14-15(3,4)5/h6-7,10H,8-9,12H2,1-5H3. The Morgan fingerprint density at radius 1 is 1.53 bits per heavy atom. The van der Waals surface area contributed by atoms with Crippen LogP contribution in [0.4, 0.5) is 0 Å². The molecule has 2 N–H and O–H groups in total. The van der Waals surface area contributed by atoms with Crippen LogP contribution in [0.5, 0.6) is 0 Å². The Balaban J connectivity index is 2.62. The first kappa shape index (κ1) is 12.7. The van der Waals surface area contributed by atoms with Gasteiger partial charge in [-0.25, -0.2) is 0 Å². The van der Waals surface area contributed by atoms with Gasteiger partial charge in [0.1, 0.15) is 0 Å². The van der Waals surface area contributed by atoms with Gasteiger partial charge in [0, 0.05) is 13.6 Å². The fourth-order valence-corrected chi connectivity index (χ4v) is 2.36. The lowest BCUT2D eigenvalue weighted by Crippen LogP contribution is -2.59. The molecule has 0 bridgehead atoms. The zero-order chi connectivity index (χ0) is 11.7. The molecule has 0 saturated carbocycles. The van der Waals surface area contributed by atoms with E-state index in [9.17, 15) is 0 Å². The molecule has 0 fully saturated rings. The fourth-order valence-electron chi connectivity index (χ4n) is 1.66. The average molecular weight is 228 g/mol. The van der Waals surface area contributed by atoms with Crippen LogP contribution in [0.3, 0.4) is 0 Å². The number of nitrogens with two attached hydrogens (primary N) is 1. The first-order valence-electron chi connectivity index (χ1n) is 5.54. The van der Waals surface area contributed by atoms with Crippen molar-refractivity contribution in [3.63, 3.8) is 0 Å². The molecule has 1 aliphatic rings. The van der Waals surface area contributed by atoms with Crippen LogP contribution in [-0.4, -0.2) is 39.0 Å². The van der Waals surface area contributed by atoms with E-state index in [1.807, 2.05) is 0 Å². The van der Waals surface area contributed by atoms with Crippen molar-refractivity contribution in [3.05, 3.63) is 12.3 Å². The van der Waals surface area contributed by atoms with Gasteiger partial charge in [0.2, 0.25) is 0 Å². The van der Waals surface area contributed by atoms with E-state index in [1.54, 1.807) is 0 Å². The zero-order valence-corrected chi connectivity index (χ0v) is 11.6. The molecule has 4 heteroatoms. The maximum atomic E-state index is 6.40. The molecule has 88 valence electrons. The third kappa shape index (κ3) is 3.63. The van der Waals surface area contributed by atoms with Crippen molar-refractivity contribution in [2.75, 3.05) is 20.2 Å². The highest BCUT2D eigenvalue weighted by molar-refractivity contribution is 6.69. The highest BCUT2D eigenvalue weighted by Gasteiger charge is 2.35. The van der Waals surface area contributed by atoms with Crippen LogP contribution in [0.25, 0.3) is 0 Å². The lowest BCUT2D eigenvalue weighted by atomic mass is 9.84. The Labute approximate surface area is 94.4 Å². The number of hydrogen-bond donors (Lipinski definition) is 1. The smallest absolute Gasteiger partial charge is 0.183 e. The van der Waals surface area contributed by atoms with Gasteiger partial charge in [0.25, 0.3) is 0 Å². The van der Waals surface area contributed by atoms with Gasteiger partial charge >= 0.3 is 0 Å². The van der Waals surface area contributed by atoms with Gasteiger partial charge in [-0.15, -0.1) is 0 Å². The summed E-state index contributed by atoms with van der Waals surface area (Å²) in [5.74, 6) is 0.380. The largest absolute Gasteiger partial charge is 0.416 e. The van der Waals surface area contributed by atoms with E-state index in [-0.39, 0.29) is 5.54 Å². The third-order valence-electron chi connectivity index (χ3n) is 2.85. The van der Waals surface area contributed by atoms with Gasteiger partial charge in [0.15, 0.2) is 8.32 Å². The van der Waals surface area contributed by atoms with E-state index in [2.05, 4.69) is 50.8 Å². The summed E-state index contributed by atoms with van der Waals surface area (Å²) >= 11 is 0.